The van der Waals surface area contributed by atoms with Gasteiger partial charge in [-0.25, -0.2) is 9.78 Å². The average Bonchev–Trinajstić information content (AvgIpc) is 3.11. The minimum absolute atomic E-state index is 0.411. The molecule has 0 aliphatic carbocycles. The number of thiazole rings is 1. The van der Waals surface area contributed by atoms with E-state index in [1.54, 1.807) is 13.2 Å². The smallest absolute Gasteiger partial charge is 0.345 e. The van der Waals surface area contributed by atoms with Crippen molar-refractivity contribution in [2.24, 2.45) is 0 Å². The predicted octanol–water partition coefficient (Wildman–Crippen LogP) is 2.76. The Kier molecular flexibility index (Phi) is 3.95. The molecule has 0 atom stereocenters. The number of aromatic nitrogens is 1. The maximum Gasteiger partial charge on any atom is 0.345 e. The van der Waals surface area contributed by atoms with Crippen molar-refractivity contribution in [1.82, 2.24) is 4.98 Å². The van der Waals surface area contributed by atoms with Gasteiger partial charge in [0.2, 0.25) is 0 Å². The number of fused-ring (bicyclic) bond motifs is 1. The number of ether oxygens (including phenoxy) is 2. The van der Waals surface area contributed by atoms with Crippen LogP contribution in [0.15, 0.2) is 38.9 Å². The quantitative estimate of drug-likeness (QED) is 0.681. The maximum absolute atomic E-state index is 12.4. The Balaban J connectivity index is 1.75. The summed E-state index contributed by atoms with van der Waals surface area (Å²) >= 11 is 1.53. The van der Waals surface area contributed by atoms with E-state index < -0.39 is 5.63 Å². The Morgan fingerprint density at radius 1 is 1.29 bits per heavy atom. The zero-order chi connectivity index (χ0) is 16.5. The number of hydrogen-bond acceptors (Lipinski definition) is 7. The lowest BCUT2D eigenvalue weighted by molar-refractivity contribution is 0.122. The summed E-state index contributed by atoms with van der Waals surface area (Å²) in [5, 5.41) is 3.60. The van der Waals surface area contributed by atoms with Crippen LogP contribution in [0.3, 0.4) is 0 Å². The third-order valence-corrected chi connectivity index (χ3v) is 4.89. The Hall–Kier alpha value is -2.38. The third kappa shape index (κ3) is 2.65. The number of nitrogens with zero attached hydrogens (tertiary/aromatic N) is 2. The van der Waals surface area contributed by atoms with Crippen molar-refractivity contribution in [3.63, 3.8) is 0 Å². The number of benzene rings is 1. The van der Waals surface area contributed by atoms with Crippen LogP contribution in [-0.4, -0.2) is 38.4 Å². The fourth-order valence-electron chi connectivity index (χ4n) is 2.74. The molecule has 0 radical (unpaired) electrons. The van der Waals surface area contributed by atoms with Crippen molar-refractivity contribution >= 4 is 27.4 Å². The Morgan fingerprint density at radius 2 is 2.12 bits per heavy atom. The normalized spacial score (nSPS) is 15.0. The van der Waals surface area contributed by atoms with Gasteiger partial charge < -0.3 is 18.8 Å². The first-order valence-corrected chi connectivity index (χ1v) is 8.53. The van der Waals surface area contributed by atoms with Gasteiger partial charge in [-0.15, -0.1) is 11.3 Å². The van der Waals surface area contributed by atoms with Crippen molar-refractivity contribution in [2.75, 3.05) is 38.3 Å². The largest absolute Gasteiger partial charge is 0.493 e. The molecule has 1 fully saturated rings. The monoisotopic (exact) mass is 344 g/mol. The van der Waals surface area contributed by atoms with E-state index in [1.165, 1.54) is 11.3 Å². The van der Waals surface area contributed by atoms with Crippen LogP contribution in [0.1, 0.15) is 0 Å². The van der Waals surface area contributed by atoms with E-state index >= 15 is 0 Å². The van der Waals surface area contributed by atoms with Crippen molar-refractivity contribution in [3.8, 4) is 17.0 Å². The molecule has 1 aromatic carbocycles. The Bertz CT molecular complexity index is 928. The van der Waals surface area contributed by atoms with Gasteiger partial charge in [0.05, 0.1) is 31.6 Å². The highest BCUT2D eigenvalue weighted by Gasteiger charge is 2.18. The molecule has 1 aliphatic rings. The minimum Gasteiger partial charge on any atom is -0.493 e. The predicted molar refractivity (Wildman–Crippen MR) is 93.2 cm³/mol. The van der Waals surface area contributed by atoms with Crippen LogP contribution in [0.4, 0.5) is 5.13 Å². The topological polar surface area (TPSA) is 64.8 Å². The van der Waals surface area contributed by atoms with Crippen molar-refractivity contribution < 1.29 is 13.9 Å². The van der Waals surface area contributed by atoms with Crippen molar-refractivity contribution in [2.45, 2.75) is 0 Å². The Labute approximate surface area is 142 Å². The number of hydrogen-bond donors (Lipinski definition) is 0. The molecular weight excluding hydrogens is 328 g/mol. The summed E-state index contributed by atoms with van der Waals surface area (Å²) < 4.78 is 16.1. The first kappa shape index (κ1) is 15.2. The van der Waals surface area contributed by atoms with Gasteiger partial charge in [-0.2, -0.15) is 0 Å². The second-order valence-corrected chi connectivity index (χ2v) is 6.28. The highest BCUT2D eigenvalue weighted by atomic mass is 32.1. The van der Waals surface area contributed by atoms with E-state index in [2.05, 4.69) is 9.88 Å². The number of methoxy groups -OCH3 is 1. The SMILES string of the molecule is COc1cccc2cc(-c3csc(N4CCOCC4)n3)c(=O)oc12. The lowest BCUT2D eigenvalue weighted by Gasteiger charge is -2.25. The molecule has 3 aromatic rings. The molecular formula is C17H16N2O4S. The lowest BCUT2D eigenvalue weighted by atomic mass is 10.1. The van der Waals surface area contributed by atoms with Gasteiger partial charge in [-0.3, -0.25) is 0 Å². The highest BCUT2D eigenvalue weighted by Crippen LogP contribution is 2.30. The fourth-order valence-corrected chi connectivity index (χ4v) is 3.62. The Morgan fingerprint density at radius 3 is 2.92 bits per heavy atom. The number of para-hydroxylation sites is 1. The molecule has 0 amide bonds. The van der Waals surface area contributed by atoms with Crippen molar-refractivity contribution in [3.05, 3.63) is 40.1 Å². The highest BCUT2D eigenvalue weighted by molar-refractivity contribution is 7.14. The van der Waals surface area contributed by atoms with Crippen LogP contribution in [-0.2, 0) is 4.74 Å². The zero-order valence-electron chi connectivity index (χ0n) is 13.2. The summed E-state index contributed by atoms with van der Waals surface area (Å²) in [5.74, 6) is 0.545. The molecule has 0 saturated carbocycles. The summed E-state index contributed by atoms with van der Waals surface area (Å²) in [6.45, 7) is 3.03. The van der Waals surface area contributed by atoms with Crippen LogP contribution in [0.25, 0.3) is 22.2 Å². The second kappa shape index (κ2) is 6.26. The second-order valence-electron chi connectivity index (χ2n) is 5.44. The van der Waals surface area contributed by atoms with Gasteiger partial charge in [-0.05, 0) is 12.1 Å². The van der Waals surface area contributed by atoms with Crippen LogP contribution in [0, 0.1) is 0 Å². The van der Waals surface area contributed by atoms with Crippen molar-refractivity contribution in [1.29, 1.82) is 0 Å². The van der Waals surface area contributed by atoms with Gasteiger partial charge >= 0.3 is 5.63 Å². The molecule has 4 rings (SSSR count). The number of anilines is 1. The minimum atomic E-state index is -0.411. The molecule has 0 N–H and O–H groups in total. The van der Waals surface area contributed by atoms with Crippen LogP contribution >= 0.6 is 11.3 Å². The molecule has 124 valence electrons. The zero-order valence-corrected chi connectivity index (χ0v) is 14.0. The maximum atomic E-state index is 12.4. The van der Waals surface area contributed by atoms with Gasteiger partial charge in [0.1, 0.15) is 0 Å². The lowest BCUT2D eigenvalue weighted by Crippen LogP contribution is -2.36. The summed E-state index contributed by atoms with van der Waals surface area (Å²) in [4.78, 5) is 19.2. The summed E-state index contributed by atoms with van der Waals surface area (Å²) in [7, 11) is 1.55. The molecule has 3 heterocycles. The van der Waals surface area contributed by atoms with Crippen LogP contribution in [0.2, 0.25) is 0 Å². The van der Waals surface area contributed by atoms with E-state index in [-0.39, 0.29) is 0 Å². The van der Waals surface area contributed by atoms with Gasteiger partial charge in [-0.1, -0.05) is 12.1 Å². The van der Waals surface area contributed by atoms with Crippen LogP contribution < -0.4 is 15.3 Å². The summed E-state index contributed by atoms with van der Waals surface area (Å²) in [5.41, 5.74) is 1.15. The first-order chi connectivity index (χ1) is 11.8. The first-order valence-electron chi connectivity index (χ1n) is 7.66. The van der Waals surface area contributed by atoms with E-state index in [0.29, 0.717) is 35.8 Å². The summed E-state index contributed by atoms with van der Waals surface area (Å²) in [6.07, 6.45) is 0. The molecule has 1 saturated heterocycles. The molecule has 1 aliphatic heterocycles. The molecule has 24 heavy (non-hydrogen) atoms. The molecule has 0 spiro atoms. The molecule has 2 aromatic heterocycles. The molecule has 0 bridgehead atoms. The van der Waals surface area contributed by atoms with E-state index in [4.69, 9.17) is 13.9 Å². The molecule has 0 unspecified atom stereocenters. The standard InChI is InChI=1S/C17H16N2O4S/c1-21-14-4-2-3-11-9-12(16(20)23-15(11)14)13-10-24-17(18-13)19-5-7-22-8-6-19/h2-4,9-10H,5-8H2,1H3. The number of morpholine rings is 1. The third-order valence-electron chi connectivity index (χ3n) is 3.99. The van der Waals surface area contributed by atoms with E-state index in [9.17, 15) is 4.79 Å². The fraction of sp³-hybridized carbons (Fsp3) is 0.294. The van der Waals surface area contributed by atoms with Gasteiger partial charge in [0, 0.05) is 23.9 Å². The van der Waals surface area contributed by atoms with Gasteiger partial charge in [0.25, 0.3) is 0 Å². The van der Waals surface area contributed by atoms with Crippen LogP contribution in [0.5, 0.6) is 5.75 Å². The molecule has 7 heteroatoms. The number of rotatable bonds is 3. The molecule has 6 nitrogen and oxygen atoms in total. The summed E-state index contributed by atoms with van der Waals surface area (Å²) in [6, 6.07) is 7.33. The van der Waals surface area contributed by atoms with E-state index in [1.807, 2.05) is 23.6 Å². The average molecular weight is 344 g/mol. The van der Waals surface area contributed by atoms with E-state index in [0.717, 1.165) is 23.6 Å². The van der Waals surface area contributed by atoms with Gasteiger partial charge in [0.15, 0.2) is 16.5 Å².